The van der Waals surface area contributed by atoms with Crippen LogP contribution in [-0.2, 0) is 6.54 Å². The van der Waals surface area contributed by atoms with E-state index in [0.29, 0.717) is 19.7 Å². The van der Waals surface area contributed by atoms with Gasteiger partial charge in [-0.15, -0.1) is 0 Å². The third kappa shape index (κ3) is 3.87. The molecule has 0 fully saturated rings. The first-order chi connectivity index (χ1) is 10.7. The SMILES string of the molecule is CCCOc1cccc(C(CN)c2cc(C)nn2CCO)c1. The van der Waals surface area contributed by atoms with E-state index in [1.54, 1.807) is 0 Å². The second kappa shape index (κ2) is 7.96. The first-order valence-electron chi connectivity index (χ1n) is 7.77. The fourth-order valence-electron chi connectivity index (χ4n) is 2.59. The molecule has 1 aromatic heterocycles. The minimum absolute atomic E-state index is 0.0397. The van der Waals surface area contributed by atoms with E-state index in [0.717, 1.165) is 29.1 Å². The van der Waals surface area contributed by atoms with Crippen molar-refractivity contribution >= 4 is 0 Å². The van der Waals surface area contributed by atoms with Crippen molar-refractivity contribution in [3.05, 3.63) is 47.3 Å². The summed E-state index contributed by atoms with van der Waals surface area (Å²) < 4.78 is 7.55. The zero-order valence-electron chi connectivity index (χ0n) is 13.3. The summed E-state index contributed by atoms with van der Waals surface area (Å²) in [4.78, 5) is 0. The van der Waals surface area contributed by atoms with Crippen molar-refractivity contribution < 1.29 is 9.84 Å². The minimum Gasteiger partial charge on any atom is -0.494 e. The van der Waals surface area contributed by atoms with Gasteiger partial charge in [-0.3, -0.25) is 4.68 Å². The van der Waals surface area contributed by atoms with E-state index in [1.807, 2.05) is 35.9 Å². The molecule has 2 aromatic rings. The molecule has 2 rings (SSSR count). The van der Waals surface area contributed by atoms with Crippen LogP contribution in [0.5, 0.6) is 5.75 Å². The van der Waals surface area contributed by atoms with Gasteiger partial charge in [0, 0.05) is 18.2 Å². The molecule has 5 heteroatoms. The predicted molar refractivity (Wildman–Crippen MR) is 87.2 cm³/mol. The van der Waals surface area contributed by atoms with E-state index in [9.17, 15) is 5.11 Å². The highest BCUT2D eigenvalue weighted by molar-refractivity contribution is 5.36. The lowest BCUT2D eigenvalue weighted by Gasteiger charge is -2.18. The highest BCUT2D eigenvalue weighted by atomic mass is 16.5. The molecule has 0 aliphatic heterocycles. The Balaban J connectivity index is 2.31. The molecular formula is C17H25N3O2. The summed E-state index contributed by atoms with van der Waals surface area (Å²) in [5, 5.41) is 13.6. The Bertz CT molecular complexity index is 595. The summed E-state index contributed by atoms with van der Waals surface area (Å²) in [6, 6.07) is 10.1. The Kier molecular flexibility index (Phi) is 5.98. The maximum Gasteiger partial charge on any atom is 0.119 e. The van der Waals surface area contributed by atoms with Gasteiger partial charge < -0.3 is 15.6 Å². The Morgan fingerprint density at radius 1 is 1.36 bits per heavy atom. The third-order valence-corrected chi connectivity index (χ3v) is 3.57. The van der Waals surface area contributed by atoms with Gasteiger partial charge in [-0.2, -0.15) is 5.10 Å². The highest BCUT2D eigenvalue weighted by Crippen LogP contribution is 2.27. The quantitative estimate of drug-likeness (QED) is 0.783. The number of benzene rings is 1. The highest BCUT2D eigenvalue weighted by Gasteiger charge is 2.18. The maximum absolute atomic E-state index is 9.21. The zero-order valence-corrected chi connectivity index (χ0v) is 13.3. The molecule has 0 aliphatic rings. The van der Waals surface area contributed by atoms with Gasteiger partial charge in [-0.25, -0.2) is 0 Å². The number of nitrogens with two attached hydrogens (primary N) is 1. The van der Waals surface area contributed by atoms with Crippen molar-refractivity contribution in [1.82, 2.24) is 9.78 Å². The summed E-state index contributed by atoms with van der Waals surface area (Å²) in [7, 11) is 0. The van der Waals surface area contributed by atoms with Crippen LogP contribution >= 0.6 is 0 Å². The normalized spacial score (nSPS) is 12.4. The number of aliphatic hydroxyl groups is 1. The number of aliphatic hydroxyl groups excluding tert-OH is 1. The van der Waals surface area contributed by atoms with E-state index in [4.69, 9.17) is 10.5 Å². The Morgan fingerprint density at radius 2 is 2.18 bits per heavy atom. The Labute approximate surface area is 131 Å². The molecule has 120 valence electrons. The van der Waals surface area contributed by atoms with Crippen molar-refractivity contribution in [3.63, 3.8) is 0 Å². The minimum atomic E-state index is 0.0397. The second-order valence-electron chi connectivity index (χ2n) is 5.37. The number of nitrogens with zero attached hydrogens (tertiary/aromatic N) is 2. The van der Waals surface area contributed by atoms with Crippen LogP contribution in [0.2, 0.25) is 0 Å². The second-order valence-corrected chi connectivity index (χ2v) is 5.37. The van der Waals surface area contributed by atoms with Crippen LogP contribution in [0, 0.1) is 6.92 Å². The lowest BCUT2D eigenvalue weighted by atomic mass is 9.95. The van der Waals surface area contributed by atoms with Gasteiger partial charge in [0.25, 0.3) is 0 Å². The van der Waals surface area contributed by atoms with Crippen LogP contribution in [0.25, 0.3) is 0 Å². The third-order valence-electron chi connectivity index (χ3n) is 3.57. The van der Waals surface area contributed by atoms with Gasteiger partial charge in [-0.05, 0) is 37.1 Å². The van der Waals surface area contributed by atoms with Crippen LogP contribution < -0.4 is 10.5 Å². The summed E-state index contributed by atoms with van der Waals surface area (Å²) in [5.41, 5.74) is 9.08. The van der Waals surface area contributed by atoms with E-state index >= 15 is 0 Å². The van der Waals surface area contributed by atoms with Crippen molar-refractivity contribution in [2.24, 2.45) is 5.73 Å². The molecule has 0 saturated heterocycles. The van der Waals surface area contributed by atoms with Gasteiger partial charge in [-0.1, -0.05) is 19.1 Å². The summed E-state index contributed by atoms with van der Waals surface area (Å²) >= 11 is 0. The summed E-state index contributed by atoms with van der Waals surface area (Å²) in [6.07, 6.45) is 0.979. The monoisotopic (exact) mass is 303 g/mol. The van der Waals surface area contributed by atoms with E-state index in [1.165, 1.54) is 0 Å². The van der Waals surface area contributed by atoms with Crippen LogP contribution in [0.3, 0.4) is 0 Å². The molecule has 1 heterocycles. The molecule has 3 N–H and O–H groups in total. The fraction of sp³-hybridized carbons (Fsp3) is 0.471. The largest absolute Gasteiger partial charge is 0.494 e. The van der Waals surface area contributed by atoms with Crippen LogP contribution in [0.15, 0.2) is 30.3 Å². The van der Waals surface area contributed by atoms with Gasteiger partial charge in [0.2, 0.25) is 0 Å². The molecule has 5 nitrogen and oxygen atoms in total. The molecule has 22 heavy (non-hydrogen) atoms. The van der Waals surface area contributed by atoms with Gasteiger partial charge in [0.1, 0.15) is 5.75 Å². The first kappa shape index (κ1) is 16.5. The average Bonchev–Trinajstić information content (AvgIpc) is 2.87. The number of hydrogen-bond acceptors (Lipinski definition) is 4. The van der Waals surface area contributed by atoms with Crippen LogP contribution in [-0.4, -0.2) is 34.6 Å². The summed E-state index contributed by atoms with van der Waals surface area (Å²) in [6.45, 7) is 5.76. The predicted octanol–water partition coefficient (Wildman–Crippen LogP) is 2.06. The molecule has 1 atom stereocenters. The average molecular weight is 303 g/mol. The number of rotatable bonds is 8. The van der Waals surface area contributed by atoms with Gasteiger partial charge in [0.05, 0.1) is 25.5 Å². The van der Waals surface area contributed by atoms with Crippen molar-refractivity contribution in [1.29, 1.82) is 0 Å². The standard InChI is InChI=1S/C17H25N3O2/c1-3-9-22-15-6-4-5-14(11-15)16(12-18)17-10-13(2)19-20(17)7-8-21/h4-6,10-11,16,21H,3,7-9,12,18H2,1-2H3. The lowest BCUT2D eigenvalue weighted by molar-refractivity contribution is 0.266. The lowest BCUT2D eigenvalue weighted by Crippen LogP contribution is -2.19. The first-order valence-corrected chi connectivity index (χ1v) is 7.77. The molecule has 1 aromatic carbocycles. The number of aryl methyl sites for hydroxylation is 1. The van der Waals surface area contributed by atoms with Crippen molar-refractivity contribution in [2.75, 3.05) is 19.8 Å². The molecule has 0 spiro atoms. The van der Waals surface area contributed by atoms with E-state index in [-0.39, 0.29) is 12.5 Å². The van der Waals surface area contributed by atoms with Crippen molar-refractivity contribution in [2.45, 2.75) is 32.7 Å². The van der Waals surface area contributed by atoms with Crippen molar-refractivity contribution in [3.8, 4) is 5.75 Å². The molecule has 0 radical (unpaired) electrons. The molecule has 0 amide bonds. The number of ether oxygens (including phenoxy) is 1. The fourth-order valence-corrected chi connectivity index (χ4v) is 2.59. The Morgan fingerprint density at radius 3 is 2.86 bits per heavy atom. The smallest absolute Gasteiger partial charge is 0.119 e. The topological polar surface area (TPSA) is 73.3 Å². The maximum atomic E-state index is 9.21. The van der Waals surface area contributed by atoms with E-state index < -0.39 is 0 Å². The van der Waals surface area contributed by atoms with Gasteiger partial charge in [0.15, 0.2) is 0 Å². The van der Waals surface area contributed by atoms with E-state index in [2.05, 4.69) is 18.1 Å². The summed E-state index contributed by atoms with van der Waals surface area (Å²) in [5.74, 6) is 0.903. The zero-order chi connectivity index (χ0) is 15.9. The molecular weight excluding hydrogens is 278 g/mol. The molecule has 0 bridgehead atoms. The van der Waals surface area contributed by atoms with Crippen LogP contribution in [0.4, 0.5) is 0 Å². The van der Waals surface area contributed by atoms with Crippen LogP contribution in [0.1, 0.15) is 36.2 Å². The van der Waals surface area contributed by atoms with Gasteiger partial charge >= 0.3 is 0 Å². The molecule has 1 unspecified atom stereocenters. The number of aromatic nitrogens is 2. The molecule has 0 saturated carbocycles. The molecule has 0 aliphatic carbocycles. The number of hydrogen-bond donors (Lipinski definition) is 2. The Hall–Kier alpha value is -1.85.